The highest BCUT2D eigenvalue weighted by Gasteiger charge is 2.18. The van der Waals surface area contributed by atoms with Crippen molar-refractivity contribution in [1.82, 2.24) is 4.57 Å². The molecule has 0 fully saturated rings. The van der Waals surface area contributed by atoms with Gasteiger partial charge in [-0.2, -0.15) is 0 Å². The maximum atomic E-state index is 12.6. The largest absolute Gasteiger partial charge is 0.485 e. The van der Waals surface area contributed by atoms with Gasteiger partial charge in [0.2, 0.25) is 12.6 Å². The second-order valence-electron chi connectivity index (χ2n) is 6.18. The van der Waals surface area contributed by atoms with Gasteiger partial charge in [-0.15, -0.1) is 0 Å². The van der Waals surface area contributed by atoms with Crippen LogP contribution in [0.25, 0.3) is 0 Å². The number of aryl methyl sites for hydroxylation is 1. The molecule has 1 aliphatic heterocycles. The van der Waals surface area contributed by atoms with Crippen LogP contribution in [0.1, 0.15) is 27.5 Å². The predicted octanol–water partition coefficient (Wildman–Crippen LogP) is 3.74. The van der Waals surface area contributed by atoms with Gasteiger partial charge in [0.25, 0.3) is 0 Å². The zero-order chi connectivity index (χ0) is 18.1. The SMILES string of the molecule is Cc1cc(C(=O)COc2ccc3c(c2)OCO3)c(C)n1Cc1ccco1. The second-order valence-corrected chi connectivity index (χ2v) is 6.18. The van der Waals surface area contributed by atoms with Crippen molar-refractivity contribution < 1.29 is 23.4 Å². The molecular formula is C20H19NO5. The van der Waals surface area contributed by atoms with Gasteiger partial charge in [0.15, 0.2) is 18.1 Å². The van der Waals surface area contributed by atoms with Crippen LogP contribution in [0.15, 0.2) is 47.1 Å². The van der Waals surface area contributed by atoms with Crippen LogP contribution in [0.2, 0.25) is 0 Å². The van der Waals surface area contributed by atoms with E-state index in [0.717, 1.165) is 17.1 Å². The Morgan fingerprint density at radius 3 is 2.81 bits per heavy atom. The lowest BCUT2D eigenvalue weighted by atomic mass is 10.1. The maximum Gasteiger partial charge on any atom is 0.231 e. The van der Waals surface area contributed by atoms with E-state index in [2.05, 4.69) is 4.57 Å². The third kappa shape index (κ3) is 3.06. The van der Waals surface area contributed by atoms with Crippen molar-refractivity contribution in [1.29, 1.82) is 0 Å². The zero-order valence-corrected chi connectivity index (χ0v) is 14.7. The van der Waals surface area contributed by atoms with Crippen LogP contribution < -0.4 is 14.2 Å². The molecule has 134 valence electrons. The average Bonchev–Trinajstić information content (AvgIpc) is 3.36. The average molecular weight is 353 g/mol. The van der Waals surface area contributed by atoms with E-state index in [9.17, 15) is 4.79 Å². The number of ether oxygens (including phenoxy) is 3. The molecule has 1 aromatic carbocycles. The Labute approximate surface area is 150 Å². The normalized spacial score (nSPS) is 12.4. The highest BCUT2D eigenvalue weighted by atomic mass is 16.7. The van der Waals surface area contributed by atoms with Crippen LogP contribution >= 0.6 is 0 Å². The molecule has 0 saturated carbocycles. The Kier molecular flexibility index (Phi) is 4.16. The van der Waals surface area contributed by atoms with Crippen molar-refractivity contribution in [3.8, 4) is 17.2 Å². The summed E-state index contributed by atoms with van der Waals surface area (Å²) in [5.74, 6) is 2.67. The lowest BCUT2D eigenvalue weighted by Gasteiger charge is -2.09. The molecular weight excluding hydrogens is 334 g/mol. The van der Waals surface area contributed by atoms with Gasteiger partial charge in [-0.25, -0.2) is 0 Å². The summed E-state index contributed by atoms with van der Waals surface area (Å²) < 4.78 is 23.7. The van der Waals surface area contributed by atoms with Crippen molar-refractivity contribution in [2.45, 2.75) is 20.4 Å². The van der Waals surface area contributed by atoms with Gasteiger partial charge in [-0.3, -0.25) is 4.79 Å². The maximum absolute atomic E-state index is 12.6. The number of hydrogen-bond donors (Lipinski definition) is 0. The molecule has 6 heteroatoms. The minimum atomic E-state index is -0.0681. The number of nitrogens with zero attached hydrogens (tertiary/aromatic N) is 1. The minimum absolute atomic E-state index is 0.0370. The van der Waals surface area contributed by atoms with E-state index < -0.39 is 0 Å². The molecule has 0 bridgehead atoms. The molecule has 26 heavy (non-hydrogen) atoms. The van der Waals surface area contributed by atoms with Crippen LogP contribution in [-0.2, 0) is 6.54 Å². The first-order chi connectivity index (χ1) is 12.6. The molecule has 6 nitrogen and oxygen atoms in total. The molecule has 2 aromatic heterocycles. The van der Waals surface area contributed by atoms with Crippen LogP contribution in [0.4, 0.5) is 0 Å². The molecule has 1 aliphatic rings. The zero-order valence-electron chi connectivity index (χ0n) is 14.7. The number of benzene rings is 1. The lowest BCUT2D eigenvalue weighted by Crippen LogP contribution is -2.13. The number of carbonyl (C=O) groups excluding carboxylic acids is 1. The molecule has 0 amide bonds. The van der Waals surface area contributed by atoms with Crippen molar-refractivity contribution in [2.75, 3.05) is 13.4 Å². The first kappa shape index (κ1) is 16.3. The molecule has 0 unspecified atom stereocenters. The Morgan fingerprint density at radius 2 is 2.00 bits per heavy atom. The summed E-state index contributed by atoms with van der Waals surface area (Å²) in [5.41, 5.74) is 2.57. The minimum Gasteiger partial charge on any atom is -0.485 e. The number of rotatable bonds is 6. The van der Waals surface area contributed by atoms with Gasteiger partial charge in [-0.1, -0.05) is 0 Å². The fourth-order valence-electron chi connectivity index (χ4n) is 3.08. The molecule has 4 rings (SSSR count). The summed E-state index contributed by atoms with van der Waals surface area (Å²) in [6.07, 6.45) is 1.65. The fourth-order valence-corrected chi connectivity index (χ4v) is 3.08. The Morgan fingerprint density at radius 1 is 1.15 bits per heavy atom. The second kappa shape index (κ2) is 6.63. The summed E-state index contributed by atoms with van der Waals surface area (Å²) in [7, 11) is 0. The summed E-state index contributed by atoms with van der Waals surface area (Å²) in [4.78, 5) is 12.6. The number of furan rings is 1. The van der Waals surface area contributed by atoms with Gasteiger partial charge >= 0.3 is 0 Å². The first-order valence-corrected chi connectivity index (χ1v) is 8.36. The Hall–Kier alpha value is -3.15. The molecule has 0 atom stereocenters. The predicted molar refractivity (Wildman–Crippen MR) is 94.1 cm³/mol. The van der Waals surface area contributed by atoms with Crippen LogP contribution in [-0.4, -0.2) is 23.8 Å². The highest BCUT2D eigenvalue weighted by Crippen LogP contribution is 2.35. The van der Waals surface area contributed by atoms with E-state index in [1.165, 1.54) is 0 Å². The van der Waals surface area contributed by atoms with E-state index in [4.69, 9.17) is 18.6 Å². The van der Waals surface area contributed by atoms with Gasteiger partial charge in [0.1, 0.15) is 11.5 Å². The van der Waals surface area contributed by atoms with Crippen molar-refractivity contribution in [2.24, 2.45) is 0 Å². The van der Waals surface area contributed by atoms with E-state index >= 15 is 0 Å². The van der Waals surface area contributed by atoms with E-state index in [0.29, 0.717) is 29.4 Å². The van der Waals surface area contributed by atoms with Crippen molar-refractivity contribution in [3.63, 3.8) is 0 Å². The smallest absolute Gasteiger partial charge is 0.231 e. The van der Waals surface area contributed by atoms with E-state index in [-0.39, 0.29) is 19.2 Å². The highest BCUT2D eigenvalue weighted by molar-refractivity contribution is 5.98. The van der Waals surface area contributed by atoms with Crippen LogP contribution in [0.5, 0.6) is 17.2 Å². The number of ketones is 1. The van der Waals surface area contributed by atoms with Gasteiger partial charge in [0.05, 0.1) is 12.8 Å². The molecule has 0 radical (unpaired) electrons. The Bertz CT molecular complexity index is 940. The molecule has 3 heterocycles. The van der Waals surface area contributed by atoms with Gasteiger partial charge in [0, 0.05) is 23.0 Å². The fraction of sp³-hybridized carbons (Fsp3) is 0.250. The van der Waals surface area contributed by atoms with Gasteiger partial charge in [-0.05, 0) is 44.2 Å². The molecule has 0 spiro atoms. The number of Topliss-reactive ketones (excluding diaryl/α,β-unsaturated/α-hetero) is 1. The molecule has 0 N–H and O–H groups in total. The Balaban J connectivity index is 1.46. The molecule has 0 aliphatic carbocycles. The van der Waals surface area contributed by atoms with Gasteiger partial charge < -0.3 is 23.2 Å². The standard InChI is InChI=1S/C20H19NO5/c1-13-8-17(14(2)21(13)10-16-4-3-7-23-16)18(22)11-24-15-5-6-19-20(9-15)26-12-25-19/h3-9H,10-12H2,1-2H3. The first-order valence-electron chi connectivity index (χ1n) is 8.36. The van der Waals surface area contributed by atoms with Crippen molar-refractivity contribution in [3.05, 3.63) is 65.4 Å². The third-order valence-electron chi connectivity index (χ3n) is 4.48. The number of aromatic nitrogens is 1. The van der Waals surface area contributed by atoms with E-state index in [1.54, 1.807) is 24.5 Å². The van der Waals surface area contributed by atoms with E-state index in [1.807, 2.05) is 32.0 Å². The van der Waals surface area contributed by atoms with Crippen LogP contribution in [0.3, 0.4) is 0 Å². The van der Waals surface area contributed by atoms with Crippen molar-refractivity contribution >= 4 is 5.78 Å². The number of hydrogen-bond acceptors (Lipinski definition) is 5. The third-order valence-corrected chi connectivity index (χ3v) is 4.48. The monoisotopic (exact) mass is 353 g/mol. The number of fused-ring (bicyclic) bond motifs is 1. The van der Waals surface area contributed by atoms with Crippen LogP contribution in [0, 0.1) is 13.8 Å². The summed E-state index contributed by atoms with van der Waals surface area (Å²) >= 11 is 0. The lowest BCUT2D eigenvalue weighted by molar-refractivity contribution is 0.0920. The molecule has 3 aromatic rings. The quantitative estimate of drug-likeness (QED) is 0.632. The summed E-state index contributed by atoms with van der Waals surface area (Å²) in [6.45, 7) is 4.68. The summed E-state index contributed by atoms with van der Waals surface area (Å²) in [5, 5.41) is 0. The topological polar surface area (TPSA) is 62.8 Å². The molecule has 0 saturated heterocycles. The number of carbonyl (C=O) groups is 1. The summed E-state index contributed by atoms with van der Waals surface area (Å²) in [6, 6.07) is 10.9.